The summed E-state index contributed by atoms with van der Waals surface area (Å²) >= 11 is 0. The van der Waals surface area contributed by atoms with Crippen molar-refractivity contribution in [3.05, 3.63) is 52.9 Å². The monoisotopic (exact) mass is 267 g/mol. The molecule has 5 heteroatoms. The third-order valence-corrected chi connectivity index (χ3v) is 3.62. The number of pyridine rings is 1. The fraction of sp³-hybridized carbons (Fsp3) is 0.267. The molecule has 20 heavy (non-hydrogen) atoms. The smallest absolute Gasteiger partial charge is 0.205 e. The van der Waals surface area contributed by atoms with Crippen molar-refractivity contribution >= 4 is 5.78 Å². The summed E-state index contributed by atoms with van der Waals surface area (Å²) in [6.45, 7) is 0. The number of ether oxygens (including phenoxy) is 1. The van der Waals surface area contributed by atoms with Crippen molar-refractivity contribution in [1.29, 1.82) is 5.26 Å². The second-order valence-electron chi connectivity index (χ2n) is 4.82. The van der Waals surface area contributed by atoms with E-state index in [0.29, 0.717) is 24.2 Å². The summed E-state index contributed by atoms with van der Waals surface area (Å²) < 4.78 is 5.49. The molecular formula is C15H13N3O2. The second-order valence-corrected chi connectivity index (χ2v) is 4.82. The lowest BCUT2D eigenvalue weighted by atomic mass is 9.78. The van der Waals surface area contributed by atoms with Crippen LogP contribution in [-0.2, 0) is 9.53 Å². The SMILES string of the molecule is N#CC1=C(N)OC2=C(C(=O)CCC2)[C@@H]1c1cccnc1. The van der Waals surface area contributed by atoms with Gasteiger partial charge in [-0.2, -0.15) is 5.26 Å². The van der Waals surface area contributed by atoms with Crippen LogP contribution in [0.2, 0.25) is 0 Å². The van der Waals surface area contributed by atoms with Gasteiger partial charge in [-0.3, -0.25) is 9.78 Å². The number of Topliss-reactive ketones (excluding diaryl/α,β-unsaturated/α-hetero) is 1. The van der Waals surface area contributed by atoms with Gasteiger partial charge in [0.05, 0.1) is 5.92 Å². The van der Waals surface area contributed by atoms with Crippen LogP contribution >= 0.6 is 0 Å². The molecule has 100 valence electrons. The third kappa shape index (κ3) is 1.86. The molecule has 1 atom stereocenters. The fourth-order valence-corrected chi connectivity index (χ4v) is 2.74. The highest BCUT2D eigenvalue weighted by atomic mass is 16.5. The second kappa shape index (κ2) is 4.82. The Bertz CT molecular complexity index is 668. The molecule has 2 aliphatic rings. The Morgan fingerprint density at radius 2 is 2.30 bits per heavy atom. The first-order valence-corrected chi connectivity index (χ1v) is 6.46. The molecule has 1 aromatic heterocycles. The maximum absolute atomic E-state index is 12.2. The van der Waals surface area contributed by atoms with Crippen LogP contribution in [0.3, 0.4) is 0 Å². The predicted octanol–water partition coefficient (Wildman–Crippen LogP) is 1.90. The number of aromatic nitrogens is 1. The number of hydrogen-bond acceptors (Lipinski definition) is 5. The van der Waals surface area contributed by atoms with Crippen molar-refractivity contribution in [3.63, 3.8) is 0 Å². The van der Waals surface area contributed by atoms with Crippen LogP contribution in [-0.4, -0.2) is 10.8 Å². The molecule has 0 saturated carbocycles. The van der Waals surface area contributed by atoms with Crippen LogP contribution in [0.5, 0.6) is 0 Å². The number of rotatable bonds is 1. The van der Waals surface area contributed by atoms with E-state index in [1.54, 1.807) is 18.5 Å². The zero-order valence-corrected chi connectivity index (χ0v) is 10.8. The first kappa shape index (κ1) is 12.4. The molecule has 0 saturated heterocycles. The van der Waals surface area contributed by atoms with E-state index >= 15 is 0 Å². The maximum atomic E-state index is 12.2. The fourth-order valence-electron chi connectivity index (χ4n) is 2.74. The summed E-state index contributed by atoms with van der Waals surface area (Å²) in [5, 5.41) is 9.35. The van der Waals surface area contributed by atoms with Gasteiger partial charge in [0.25, 0.3) is 0 Å². The quantitative estimate of drug-likeness (QED) is 0.839. The number of hydrogen-bond donors (Lipinski definition) is 1. The number of ketones is 1. The number of allylic oxidation sites excluding steroid dienone is 3. The lowest BCUT2D eigenvalue weighted by Gasteiger charge is -2.30. The molecule has 0 fully saturated rings. The van der Waals surface area contributed by atoms with Gasteiger partial charge in [-0.05, 0) is 18.1 Å². The van der Waals surface area contributed by atoms with Gasteiger partial charge in [0, 0.05) is 30.8 Å². The van der Waals surface area contributed by atoms with Crippen molar-refractivity contribution in [2.75, 3.05) is 0 Å². The van der Waals surface area contributed by atoms with Crippen molar-refractivity contribution in [2.45, 2.75) is 25.2 Å². The first-order valence-electron chi connectivity index (χ1n) is 6.46. The highest BCUT2D eigenvalue weighted by Gasteiger charge is 2.37. The van der Waals surface area contributed by atoms with Crippen LogP contribution in [0.25, 0.3) is 0 Å². The minimum absolute atomic E-state index is 0.0281. The molecular weight excluding hydrogens is 254 g/mol. The molecule has 1 aliphatic carbocycles. The molecule has 0 spiro atoms. The standard InChI is InChI=1S/C15H13N3O2/c16-7-10-13(9-3-2-6-18-8-9)14-11(19)4-1-5-12(14)20-15(10)17/h2-3,6,8,13H,1,4-5,17H2/t13-/m1/s1. The highest BCUT2D eigenvalue weighted by Crippen LogP contribution is 2.42. The maximum Gasteiger partial charge on any atom is 0.205 e. The minimum atomic E-state index is -0.453. The summed E-state index contributed by atoms with van der Waals surface area (Å²) in [5.74, 6) is 0.270. The number of carbonyl (C=O) groups is 1. The van der Waals surface area contributed by atoms with E-state index in [1.807, 2.05) is 6.07 Å². The minimum Gasteiger partial charge on any atom is -0.444 e. The van der Waals surface area contributed by atoms with E-state index < -0.39 is 5.92 Å². The van der Waals surface area contributed by atoms with E-state index in [0.717, 1.165) is 12.0 Å². The Labute approximate surface area is 116 Å². The molecule has 1 aliphatic heterocycles. The Kier molecular flexibility index (Phi) is 2.99. The van der Waals surface area contributed by atoms with Gasteiger partial charge < -0.3 is 10.5 Å². The number of nitriles is 1. The normalized spacial score (nSPS) is 22.1. The molecule has 2 N–H and O–H groups in total. The third-order valence-electron chi connectivity index (χ3n) is 3.62. The summed E-state index contributed by atoms with van der Waals surface area (Å²) in [6.07, 6.45) is 5.23. The van der Waals surface area contributed by atoms with Gasteiger partial charge in [-0.1, -0.05) is 6.07 Å². The molecule has 2 heterocycles. The summed E-state index contributed by atoms with van der Waals surface area (Å²) in [7, 11) is 0. The molecule has 5 nitrogen and oxygen atoms in total. The Morgan fingerprint density at radius 1 is 1.45 bits per heavy atom. The molecule has 0 aromatic carbocycles. The molecule has 1 aromatic rings. The zero-order valence-electron chi connectivity index (χ0n) is 10.8. The van der Waals surface area contributed by atoms with E-state index in [1.165, 1.54) is 0 Å². The summed E-state index contributed by atoms with van der Waals surface area (Å²) in [4.78, 5) is 16.3. The van der Waals surface area contributed by atoms with E-state index in [9.17, 15) is 10.1 Å². The average molecular weight is 267 g/mol. The molecule has 0 bridgehead atoms. The number of nitrogens with zero attached hydrogens (tertiary/aromatic N) is 2. The van der Waals surface area contributed by atoms with Gasteiger partial charge in [0.1, 0.15) is 17.4 Å². The average Bonchev–Trinajstić information content (AvgIpc) is 2.47. The van der Waals surface area contributed by atoms with Crippen LogP contribution < -0.4 is 5.73 Å². The van der Waals surface area contributed by atoms with E-state index in [-0.39, 0.29) is 17.2 Å². The summed E-state index contributed by atoms with van der Waals surface area (Å²) in [6, 6.07) is 5.70. The van der Waals surface area contributed by atoms with Crippen molar-refractivity contribution in [3.8, 4) is 6.07 Å². The molecule has 3 rings (SSSR count). The van der Waals surface area contributed by atoms with Crippen LogP contribution in [0, 0.1) is 11.3 Å². The van der Waals surface area contributed by atoms with Crippen LogP contribution in [0.15, 0.2) is 47.3 Å². The Morgan fingerprint density at radius 3 is 3.00 bits per heavy atom. The first-order chi connectivity index (χ1) is 9.72. The van der Waals surface area contributed by atoms with Gasteiger partial charge in [0.15, 0.2) is 5.78 Å². The topological polar surface area (TPSA) is 89.0 Å². The van der Waals surface area contributed by atoms with Crippen molar-refractivity contribution in [1.82, 2.24) is 4.98 Å². The van der Waals surface area contributed by atoms with Crippen LogP contribution in [0.1, 0.15) is 30.7 Å². The Balaban J connectivity index is 2.18. The van der Waals surface area contributed by atoms with Gasteiger partial charge in [-0.15, -0.1) is 0 Å². The van der Waals surface area contributed by atoms with Gasteiger partial charge >= 0.3 is 0 Å². The molecule has 0 radical (unpaired) electrons. The molecule has 0 amide bonds. The predicted molar refractivity (Wildman–Crippen MR) is 70.8 cm³/mol. The Hall–Kier alpha value is -2.61. The number of nitrogens with two attached hydrogens (primary N) is 1. The lowest BCUT2D eigenvalue weighted by Crippen LogP contribution is -2.27. The van der Waals surface area contributed by atoms with E-state index in [2.05, 4.69) is 11.1 Å². The summed E-state index contributed by atoms with van der Waals surface area (Å²) in [5.41, 5.74) is 7.48. The van der Waals surface area contributed by atoms with Crippen LogP contribution in [0.4, 0.5) is 0 Å². The van der Waals surface area contributed by atoms with Crippen molar-refractivity contribution in [2.24, 2.45) is 5.73 Å². The van der Waals surface area contributed by atoms with Gasteiger partial charge in [-0.25, -0.2) is 0 Å². The van der Waals surface area contributed by atoms with Crippen molar-refractivity contribution < 1.29 is 9.53 Å². The number of carbonyl (C=O) groups excluding carboxylic acids is 1. The highest BCUT2D eigenvalue weighted by molar-refractivity contribution is 5.99. The largest absolute Gasteiger partial charge is 0.444 e. The zero-order chi connectivity index (χ0) is 14.1. The lowest BCUT2D eigenvalue weighted by molar-refractivity contribution is -0.116. The molecule has 0 unspecified atom stereocenters. The van der Waals surface area contributed by atoms with Gasteiger partial charge in [0.2, 0.25) is 5.88 Å². The van der Waals surface area contributed by atoms with E-state index in [4.69, 9.17) is 10.5 Å².